The van der Waals surface area contributed by atoms with Crippen LogP contribution in [0.2, 0.25) is 0 Å². The van der Waals surface area contributed by atoms with E-state index in [2.05, 4.69) is 4.98 Å². The Balaban J connectivity index is 1.17. The largest absolute Gasteiger partial charge is 0.493 e. The van der Waals surface area contributed by atoms with E-state index in [4.69, 9.17) is 13.9 Å². The van der Waals surface area contributed by atoms with Crippen molar-refractivity contribution < 1.29 is 28.6 Å². The van der Waals surface area contributed by atoms with Crippen molar-refractivity contribution in [2.75, 3.05) is 13.2 Å². The number of hydrogen-bond acceptors (Lipinski definition) is 6. The average Bonchev–Trinajstić information content (AvgIpc) is 3.38. The number of aryl methyl sites for hydroxylation is 1. The molecule has 212 valence electrons. The van der Waals surface area contributed by atoms with Gasteiger partial charge >= 0.3 is 5.97 Å². The quantitative estimate of drug-likeness (QED) is 0.179. The van der Waals surface area contributed by atoms with Crippen molar-refractivity contribution in [1.82, 2.24) is 9.88 Å². The zero-order valence-electron chi connectivity index (χ0n) is 23.1. The molecule has 0 saturated carbocycles. The molecule has 0 aliphatic heterocycles. The molecule has 0 aliphatic carbocycles. The Morgan fingerprint density at radius 3 is 2.10 bits per heavy atom. The molecule has 0 bridgehead atoms. The maximum atomic E-state index is 13.2. The summed E-state index contributed by atoms with van der Waals surface area (Å²) in [4.78, 5) is 30.6. The number of carbonyl (C=O) groups is 2. The fourth-order valence-corrected chi connectivity index (χ4v) is 4.38. The van der Waals surface area contributed by atoms with Gasteiger partial charge in [0.05, 0.1) is 12.3 Å². The van der Waals surface area contributed by atoms with E-state index in [0.717, 1.165) is 22.6 Å². The standard InChI is InChI=1S/C34H30N2O6/c1-24-31(35-33(41-24)26-8-4-2-5-9-26)20-21-40-28-16-12-25(13-17-28)22-36(23-32(37)38)34(39)27-14-18-30(19-15-27)42-29-10-6-3-7-11-29/h2-19H,20-23H2,1H3,(H,37,38). The number of carboxylic acid groups (broad SMARTS) is 1. The Morgan fingerprint density at radius 2 is 1.43 bits per heavy atom. The van der Waals surface area contributed by atoms with Crippen LogP contribution in [0.25, 0.3) is 11.5 Å². The summed E-state index contributed by atoms with van der Waals surface area (Å²) in [5.74, 6) is 1.79. The molecule has 1 N–H and O–H groups in total. The molecule has 0 saturated heterocycles. The minimum atomic E-state index is -1.09. The van der Waals surface area contributed by atoms with Gasteiger partial charge in [0.15, 0.2) is 0 Å². The number of amides is 1. The number of carboxylic acids is 1. The number of rotatable bonds is 12. The molecule has 0 atom stereocenters. The van der Waals surface area contributed by atoms with Gasteiger partial charge in [0.2, 0.25) is 5.89 Å². The van der Waals surface area contributed by atoms with E-state index in [9.17, 15) is 14.7 Å². The van der Waals surface area contributed by atoms with Crippen molar-refractivity contribution >= 4 is 11.9 Å². The normalized spacial score (nSPS) is 10.7. The van der Waals surface area contributed by atoms with E-state index >= 15 is 0 Å². The minimum absolute atomic E-state index is 0.133. The molecule has 0 spiro atoms. The summed E-state index contributed by atoms with van der Waals surface area (Å²) in [5, 5.41) is 9.44. The molecule has 4 aromatic carbocycles. The number of oxazole rings is 1. The topological polar surface area (TPSA) is 102 Å². The average molecular weight is 563 g/mol. The first-order valence-electron chi connectivity index (χ1n) is 13.5. The highest BCUT2D eigenvalue weighted by molar-refractivity contribution is 5.96. The fraction of sp³-hybridized carbons (Fsp3) is 0.147. The molecule has 1 heterocycles. The number of benzene rings is 4. The number of ether oxygens (including phenoxy) is 2. The first-order chi connectivity index (χ1) is 20.4. The lowest BCUT2D eigenvalue weighted by atomic mass is 10.1. The second-order valence-electron chi connectivity index (χ2n) is 9.62. The molecule has 1 amide bonds. The zero-order valence-corrected chi connectivity index (χ0v) is 23.1. The number of carbonyl (C=O) groups excluding carboxylic acids is 1. The van der Waals surface area contributed by atoms with Gasteiger partial charge in [-0.05, 0) is 73.2 Å². The SMILES string of the molecule is Cc1oc(-c2ccccc2)nc1CCOc1ccc(CN(CC(=O)O)C(=O)c2ccc(Oc3ccccc3)cc2)cc1. The lowest BCUT2D eigenvalue weighted by Gasteiger charge is -2.21. The highest BCUT2D eigenvalue weighted by Gasteiger charge is 2.19. The Bertz CT molecular complexity index is 1610. The van der Waals surface area contributed by atoms with Gasteiger partial charge in [-0.25, -0.2) is 4.98 Å². The van der Waals surface area contributed by atoms with Crippen molar-refractivity contribution in [1.29, 1.82) is 0 Å². The molecular formula is C34H30N2O6. The van der Waals surface area contributed by atoms with Gasteiger partial charge in [0, 0.05) is 24.1 Å². The summed E-state index contributed by atoms with van der Waals surface area (Å²) >= 11 is 0. The maximum absolute atomic E-state index is 13.2. The molecule has 5 rings (SSSR count). The van der Waals surface area contributed by atoms with Crippen molar-refractivity contribution in [2.24, 2.45) is 0 Å². The molecule has 0 aliphatic rings. The molecule has 8 heteroatoms. The van der Waals surface area contributed by atoms with Crippen LogP contribution in [-0.4, -0.2) is 40.0 Å². The number of nitrogens with zero attached hydrogens (tertiary/aromatic N) is 2. The van der Waals surface area contributed by atoms with Crippen LogP contribution in [0.3, 0.4) is 0 Å². The summed E-state index contributed by atoms with van der Waals surface area (Å²) in [5.41, 5.74) is 2.91. The summed E-state index contributed by atoms with van der Waals surface area (Å²) in [6.45, 7) is 2.00. The van der Waals surface area contributed by atoms with Crippen LogP contribution in [-0.2, 0) is 17.8 Å². The minimum Gasteiger partial charge on any atom is -0.493 e. The monoisotopic (exact) mass is 562 g/mol. The number of para-hydroxylation sites is 1. The fourth-order valence-electron chi connectivity index (χ4n) is 4.38. The van der Waals surface area contributed by atoms with Gasteiger partial charge in [-0.15, -0.1) is 0 Å². The maximum Gasteiger partial charge on any atom is 0.323 e. The van der Waals surface area contributed by atoms with Crippen LogP contribution in [0.15, 0.2) is 114 Å². The second-order valence-corrected chi connectivity index (χ2v) is 9.62. The molecule has 1 aromatic heterocycles. The lowest BCUT2D eigenvalue weighted by molar-refractivity contribution is -0.137. The van der Waals surface area contributed by atoms with Crippen LogP contribution in [0.5, 0.6) is 17.2 Å². The highest BCUT2D eigenvalue weighted by Crippen LogP contribution is 2.24. The summed E-state index contributed by atoms with van der Waals surface area (Å²) in [7, 11) is 0. The Kier molecular flexibility index (Phi) is 8.94. The van der Waals surface area contributed by atoms with Gasteiger partial charge in [0.1, 0.15) is 29.6 Å². The van der Waals surface area contributed by atoms with Crippen LogP contribution >= 0.6 is 0 Å². The van der Waals surface area contributed by atoms with E-state index in [0.29, 0.717) is 41.7 Å². The van der Waals surface area contributed by atoms with Crippen molar-refractivity contribution in [3.05, 3.63) is 132 Å². The van der Waals surface area contributed by atoms with E-state index in [-0.39, 0.29) is 12.5 Å². The van der Waals surface area contributed by atoms with Gasteiger partial charge in [-0.2, -0.15) is 0 Å². The Morgan fingerprint density at radius 1 is 0.810 bits per heavy atom. The molecule has 42 heavy (non-hydrogen) atoms. The predicted molar refractivity (Wildman–Crippen MR) is 158 cm³/mol. The molecule has 0 unspecified atom stereocenters. The van der Waals surface area contributed by atoms with Crippen molar-refractivity contribution in [3.63, 3.8) is 0 Å². The van der Waals surface area contributed by atoms with Crippen molar-refractivity contribution in [3.8, 4) is 28.7 Å². The Labute approximate surface area is 243 Å². The van der Waals surface area contributed by atoms with Gasteiger partial charge < -0.3 is 23.9 Å². The van der Waals surface area contributed by atoms with Gasteiger partial charge in [-0.1, -0.05) is 48.5 Å². The molecule has 5 aromatic rings. The summed E-state index contributed by atoms with van der Waals surface area (Å²) in [6, 6.07) is 32.9. The smallest absolute Gasteiger partial charge is 0.323 e. The lowest BCUT2D eigenvalue weighted by Crippen LogP contribution is -2.35. The van der Waals surface area contributed by atoms with Crippen LogP contribution in [0.1, 0.15) is 27.4 Å². The van der Waals surface area contributed by atoms with Gasteiger partial charge in [-0.3, -0.25) is 9.59 Å². The number of aromatic nitrogens is 1. The third-order valence-corrected chi connectivity index (χ3v) is 6.51. The van der Waals surface area contributed by atoms with Crippen LogP contribution in [0.4, 0.5) is 0 Å². The Hall–Kier alpha value is -5.37. The van der Waals surface area contributed by atoms with Crippen LogP contribution < -0.4 is 9.47 Å². The third kappa shape index (κ3) is 7.42. The van der Waals surface area contributed by atoms with Gasteiger partial charge in [0.25, 0.3) is 5.91 Å². The first-order valence-corrected chi connectivity index (χ1v) is 13.5. The third-order valence-electron chi connectivity index (χ3n) is 6.51. The molecule has 0 radical (unpaired) electrons. The highest BCUT2D eigenvalue weighted by atomic mass is 16.5. The molecular weight excluding hydrogens is 532 g/mol. The van der Waals surface area contributed by atoms with E-state index < -0.39 is 12.5 Å². The van der Waals surface area contributed by atoms with E-state index in [1.54, 1.807) is 36.4 Å². The molecule has 8 nitrogen and oxygen atoms in total. The number of hydrogen-bond donors (Lipinski definition) is 1. The summed E-state index contributed by atoms with van der Waals surface area (Å²) < 4.78 is 17.5. The van der Waals surface area contributed by atoms with E-state index in [1.807, 2.05) is 79.7 Å². The van der Waals surface area contributed by atoms with Crippen molar-refractivity contribution in [2.45, 2.75) is 19.9 Å². The zero-order chi connectivity index (χ0) is 29.3. The molecule has 0 fully saturated rings. The summed E-state index contributed by atoms with van der Waals surface area (Å²) in [6.07, 6.45) is 0.583. The second kappa shape index (κ2) is 13.3. The number of aliphatic carboxylic acids is 1. The first kappa shape index (κ1) is 28.2. The predicted octanol–water partition coefficient (Wildman–Crippen LogP) is 6.79. The van der Waals surface area contributed by atoms with Crippen LogP contribution in [0, 0.1) is 6.92 Å². The van der Waals surface area contributed by atoms with E-state index in [1.165, 1.54) is 4.90 Å².